The summed E-state index contributed by atoms with van der Waals surface area (Å²) in [6.07, 6.45) is -0.175. The van der Waals surface area contributed by atoms with Crippen molar-refractivity contribution in [2.45, 2.75) is 31.7 Å². The van der Waals surface area contributed by atoms with Gasteiger partial charge in [-0.25, -0.2) is 9.59 Å². The van der Waals surface area contributed by atoms with E-state index in [4.69, 9.17) is 16.3 Å². The lowest BCUT2D eigenvalue weighted by atomic mass is 9.98. The van der Waals surface area contributed by atoms with Crippen molar-refractivity contribution in [3.8, 4) is 11.1 Å². The molecule has 7 nitrogen and oxygen atoms in total. The number of aromatic carboxylic acids is 1. The van der Waals surface area contributed by atoms with Crippen LogP contribution in [0.1, 0.15) is 47.2 Å². The Balaban J connectivity index is 1.36. The summed E-state index contributed by atoms with van der Waals surface area (Å²) in [7, 11) is 0. The Bertz CT molecular complexity index is 1230. The predicted octanol–water partition coefficient (Wildman–Crippen LogP) is 5.68. The maximum atomic E-state index is 12.6. The predicted molar refractivity (Wildman–Crippen MR) is 134 cm³/mol. The Morgan fingerprint density at radius 1 is 1.00 bits per heavy atom. The molecule has 0 saturated carbocycles. The number of rotatable bonds is 8. The molecule has 180 valence electrons. The summed E-state index contributed by atoms with van der Waals surface area (Å²) in [6.45, 7) is 2.01. The average molecular weight is 493 g/mol. The zero-order valence-corrected chi connectivity index (χ0v) is 19.8. The van der Waals surface area contributed by atoms with Crippen LogP contribution in [0.2, 0.25) is 5.02 Å². The van der Waals surface area contributed by atoms with E-state index < -0.39 is 24.0 Å². The molecule has 0 saturated heterocycles. The smallest absolute Gasteiger partial charge is 0.407 e. The van der Waals surface area contributed by atoms with Gasteiger partial charge in [0.15, 0.2) is 0 Å². The van der Waals surface area contributed by atoms with Crippen molar-refractivity contribution in [3.05, 3.63) is 88.4 Å². The van der Waals surface area contributed by atoms with E-state index >= 15 is 0 Å². The summed E-state index contributed by atoms with van der Waals surface area (Å²) in [5, 5.41) is 14.9. The van der Waals surface area contributed by atoms with Crippen LogP contribution in [0.15, 0.2) is 66.7 Å². The maximum absolute atomic E-state index is 12.6. The first-order valence-corrected chi connectivity index (χ1v) is 11.7. The number of halogens is 1. The standard InChI is InChI=1S/C27H25ClN2O5/c1-2-17(14-25(31)30-24-13-16(28)11-12-22(24)26(32)33)29-27(34)35-15-23-20-9-5-3-7-18(20)19-8-4-6-10-21(19)23/h3-13,17,23H,2,14-15H2,1H3,(H,29,34)(H,30,31)(H,32,33)/t17-/m1/s1. The number of hydrogen-bond acceptors (Lipinski definition) is 4. The molecular weight excluding hydrogens is 468 g/mol. The highest BCUT2D eigenvalue weighted by Gasteiger charge is 2.29. The Labute approximate surface area is 208 Å². The first-order chi connectivity index (χ1) is 16.9. The molecule has 1 atom stereocenters. The molecule has 2 amide bonds. The summed E-state index contributed by atoms with van der Waals surface area (Å²) in [5.74, 6) is -1.69. The number of nitrogens with one attached hydrogen (secondary N) is 2. The van der Waals surface area contributed by atoms with Crippen LogP contribution < -0.4 is 10.6 Å². The zero-order chi connectivity index (χ0) is 24.9. The summed E-state index contributed by atoms with van der Waals surface area (Å²) in [4.78, 5) is 36.5. The third-order valence-electron chi connectivity index (χ3n) is 6.08. The van der Waals surface area contributed by atoms with Crippen LogP contribution >= 0.6 is 11.6 Å². The molecular formula is C27H25ClN2O5. The molecule has 8 heteroatoms. The first kappa shape index (κ1) is 24.3. The SMILES string of the molecule is CC[C@H](CC(=O)Nc1cc(Cl)ccc1C(=O)O)NC(=O)OCC1c2ccccc2-c2ccccc21. The van der Waals surface area contributed by atoms with Crippen molar-refractivity contribution in [3.63, 3.8) is 0 Å². The van der Waals surface area contributed by atoms with E-state index in [1.807, 2.05) is 43.3 Å². The second-order valence-electron chi connectivity index (χ2n) is 8.32. The number of carboxylic acid groups (broad SMARTS) is 1. The van der Waals surface area contributed by atoms with Gasteiger partial charge in [-0.15, -0.1) is 0 Å². The Morgan fingerprint density at radius 2 is 1.63 bits per heavy atom. The molecule has 0 fully saturated rings. The fourth-order valence-corrected chi connectivity index (χ4v) is 4.51. The van der Waals surface area contributed by atoms with Crippen LogP contribution in [0.5, 0.6) is 0 Å². The average Bonchev–Trinajstić information content (AvgIpc) is 3.16. The number of carbonyl (C=O) groups is 3. The molecule has 0 aliphatic heterocycles. The molecule has 3 aromatic carbocycles. The molecule has 0 heterocycles. The van der Waals surface area contributed by atoms with E-state index in [1.54, 1.807) is 0 Å². The van der Waals surface area contributed by atoms with Crippen molar-refractivity contribution in [2.75, 3.05) is 11.9 Å². The lowest BCUT2D eigenvalue weighted by Crippen LogP contribution is -2.38. The van der Waals surface area contributed by atoms with Crippen LogP contribution in [-0.4, -0.2) is 35.7 Å². The molecule has 0 aromatic heterocycles. The lowest BCUT2D eigenvalue weighted by Gasteiger charge is -2.19. The van der Waals surface area contributed by atoms with Gasteiger partial charge in [-0.3, -0.25) is 4.79 Å². The molecule has 3 aromatic rings. The molecule has 4 rings (SSSR count). The van der Waals surface area contributed by atoms with E-state index in [-0.39, 0.29) is 30.2 Å². The highest BCUT2D eigenvalue weighted by Crippen LogP contribution is 2.44. The van der Waals surface area contributed by atoms with Crippen molar-refractivity contribution < 1.29 is 24.2 Å². The third-order valence-corrected chi connectivity index (χ3v) is 6.31. The maximum Gasteiger partial charge on any atom is 0.407 e. The Hall–Kier alpha value is -3.84. The number of benzene rings is 3. The fourth-order valence-electron chi connectivity index (χ4n) is 4.34. The van der Waals surface area contributed by atoms with Crippen LogP contribution in [0.3, 0.4) is 0 Å². The second-order valence-corrected chi connectivity index (χ2v) is 8.76. The first-order valence-electron chi connectivity index (χ1n) is 11.3. The van der Waals surface area contributed by atoms with Crippen molar-refractivity contribution in [1.29, 1.82) is 0 Å². The van der Waals surface area contributed by atoms with E-state index in [0.717, 1.165) is 22.3 Å². The van der Waals surface area contributed by atoms with Crippen LogP contribution in [0.4, 0.5) is 10.5 Å². The normalized spacial score (nSPS) is 12.9. The van der Waals surface area contributed by atoms with Gasteiger partial charge in [-0.2, -0.15) is 0 Å². The van der Waals surface area contributed by atoms with Gasteiger partial charge in [0.2, 0.25) is 5.91 Å². The molecule has 0 radical (unpaired) electrons. The molecule has 0 unspecified atom stereocenters. The highest BCUT2D eigenvalue weighted by molar-refractivity contribution is 6.31. The number of alkyl carbamates (subject to hydrolysis) is 1. The van der Waals surface area contributed by atoms with E-state index in [2.05, 4.69) is 22.8 Å². The summed E-state index contributed by atoms with van der Waals surface area (Å²) in [6, 6.07) is 19.8. The molecule has 0 spiro atoms. The molecule has 1 aliphatic carbocycles. The Morgan fingerprint density at radius 3 is 2.23 bits per heavy atom. The van der Waals surface area contributed by atoms with Gasteiger partial charge < -0.3 is 20.5 Å². The minimum atomic E-state index is -1.18. The van der Waals surface area contributed by atoms with Gasteiger partial charge in [0, 0.05) is 23.4 Å². The topological polar surface area (TPSA) is 105 Å². The number of anilines is 1. The summed E-state index contributed by atoms with van der Waals surface area (Å²) >= 11 is 5.94. The lowest BCUT2D eigenvalue weighted by molar-refractivity contribution is -0.116. The molecule has 3 N–H and O–H groups in total. The van der Waals surface area contributed by atoms with Gasteiger partial charge in [-0.1, -0.05) is 67.1 Å². The number of ether oxygens (including phenoxy) is 1. The third kappa shape index (κ3) is 5.46. The van der Waals surface area contributed by atoms with E-state index in [0.29, 0.717) is 11.4 Å². The van der Waals surface area contributed by atoms with Crippen LogP contribution in [-0.2, 0) is 9.53 Å². The van der Waals surface area contributed by atoms with E-state index in [1.165, 1.54) is 18.2 Å². The van der Waals surface area contributed by atoms with Crippen molar-refractivity contribution in [2.24, 2.45) is 0 Å². The largest absolute Gasteiger partial charge is 0.478 e. The number of hydrogen-bond donors (Lipinski definition) is 3. The number of carbonyl (C=O) groups excluding carboxylic acids is 2. The molecule has 0 bridgehead atoms. The zero-order valence-electron chi connectivity index (χ0n) is 19.1. The van der Waals surface area contributed by atoms with Crippen LogP contribution in [0.25, 0.3) is 11.1 Å². The summed E-state index contributed by atoms with van der Waals surface area (Å²) < 4.78 is 5.56. The quantitative estimate of drug-likeness (QED) is 0.375. The summed E-state index contributed by atoms with van der Waals surface area (Å²) in [5.41, 5.74) is 4.54. The highest BCUT2D eigenvalue weighted by atomic mass is 35.5. The number of carboxylic acids is 1. The fraction of sp³-hybridized carbons (Fsp3) is 0.222. The van der Waals surface area contributed by atoms with Gasteiger partial charge in [-0.05, 0) is 46.9 Å². The minimum Gasteiger partial charge on any atom is -0.478 e. The van der Waals surface area contributed by atoms with Crippen molar-refractivity contribution in [1.82, 2.24) is 5.32 Å². The number of amides is 2. The molecule has 1 aliphatic rings. The van der Waals surface area contributed by atoms with E-state index in [9.17, 15) is 19.5 Å². The van der Waals surface area contributed by atoms with Gasteiger partial charge in [0.25, 0.3) is 0 Å². The van der Waals surface area contributed by atoms with Crippen molar-refractivity contribution >= 4 is 35.3 Å². The van der Waals surface area contributed by atoms with Gasteiger partial charge >= 0.3 is 12.1 Å². The van der Waals surface area contributed by atoms with Crippen LogP contribution in [0, 0.1) is 0 Å². The second kappa shape index (κ2) is 10.6. The monoisotopic (exact) mass is 492 g/mol. The number of fused-ring (bicyclic) bond motifs is 3. The van der Waals surface area contributed by atoms with Gasteiger partial charge in [0.05, 0.1) is 11.3 Å². The minimum absolute atomic E-state index is 0.0493. The Kier molecular flexibility index (Phi) is 7.36. The molecule has 35 heavy (non-hydrogen) atoms. The van der Waals surface area contributed by atoms with Gasteiger partial charge in [0.1, 0.15) is 6.61 Å².